The lowest BCUT2D eigenvalue weighted by atomic mass is 9.95. The van der Waals surface area contributed by atoms with E-state index in [2.05, 4.69) is 21.2 Å². The van der Waals surface area contributed by atoms with Gasteiger partial charge in [-0.05, 0) is 53.9 Å². The number of nitrogens with one attached hydrogen (secondary N) is 1. The topological polar surface area (TPSA) is 38.3 Å². The third kappa shape index (κ3) is 4.39. The summed E-state index contributed by atoms with van der Waals surface area (Å²) in [6.45, 7) is 4.04. The molecule has 3 nitrogen and oxygen atoms in total. The Hall–Kier alpha value is -0.740. The van der Waals surface area contributed by atoms with Crippen LogP contribution in [0.4, 0.5) is 0 Å². The molecule has 0 saturated carbocycles. The lowest BCUT2D eigenvalue weighted by Crippen LogP contribution is -2.45. The Balaban J connectivity index is 2.94. The molecule has 0 radical (unpaired) electrons. The summed E-state index contributed by atoms with van der Waals surface area (Å²) in [6.07, 6.45) is 1.56. The molecule has 19 heavy (non-hydrogen) atoms. The Morgan fingerprint density at radius 2 is 2.21 bits per heavy atom. The van der Waals surface area contributed by atoms with Crippen molar-refractivity contribution in [2.75, 3.05) is 13.0 Å². The van der Waals surface area contributed by atoms with Crippen LogP contribution < -0.4 is 10.1 Å². The van der Waals surface area contributed by atoms with Crippen LogP contribution >= 0.6 is 27.5 Å². The van der Waals surface area contributed by atoms with Gasteiger partial charge in [0.05, 0.1) is 12.7 Å². The molecule has 1 aromatic rings. The molecule has 0 heterocycles. The van der Waals surface area contributed by atoms with E-state index in [1.54, 1.807) is 25.3 Å². The minimum absolute atomic E-state index is 0.125. The summed E-state index contributed by atoms with van der Waals surface area (Å²) in [4.78, 5) is 12.3. The predicted molar refractivity (Wildman–Crippen MR) is 82.2 cm³/mol. The molecule has 0 aliphatic carbocycles. The fourth-order valence-electron chi connectivity index (χ4n) is 1.68. The van der Waals surface area contributed by atoms with E-state index in [0.717, 1.165) is 17.3 Å². The van der Waals surface area contributed by atoms with E-state index >= 15 is 0 Å². The number of hydrogen-bond donors (Lipinski definition) is 1. The summed E-state index contributed by atoms with van der Waals surface area (Å²) in [7, 11) is 1.58. The second kappa shape index (κ2) is 7.15. The molecule has 0 bridgehead atoms. The van der Waals surface area contributed by atoms with Crippen LogP contribution in [0.5, 0.6) is 5.75 Å². The average Bonchev–Trinajstić information content (AvgIpc) is 2.39. The maximum atomic E-state index is 12.3. The molecule has 0 fully saturated rings. The molecular weight excluding hydrogens is 330 g/mol. The molecule has 0 aromatic heterocycles. The molecular formula is C14H19BrClNO2. The van der Waals surface area contributed by atoms with E-state index in [1.807, 2.05) is 13.8 Å². The number of carbonyl (C=O) groups is 1. The van der Waals surface area contributed by atoms with Gasteiger partial charge in [-0.15, -0.1) is 11.6 Å². The van der Waals surface area contributed by atoms with Crippen LogP contribution in [-0.4, -0.2) is 24.4 Å². The zero-order chi connectivity index (χ0) is 14.5. The van der Waals surface area contributed by atoms with Gasteiger partial charge in [0.1, 0.15) is 5.75 Å². The normalized spacial score (nSPS) is 13.7. The van der Waals surface area contributed by atoms with E-state index < -0.39 is 0 Å². The molecule has 1 unspecified atom stereocenters. The number of hydrogen-bond acceptors (Lipinski definition) is 2. The summed E-state index contributed by atoms with van der Waals surface area (Å²) in [5.74, 6) is 1.05. The third-order valence-electron chi connectivity index (χ3n) is 3.26. The highest BCUT2D eigenvalue weighted by Crippen LogP contribution is 2.24. The van der Waals surface area contributed by atoms with Crippen molar-refractivity contribution < 1.29 is 9.53 Å². The second-order valence-corrected chi connectivity index (χ2v) is 5.89. The lowest BCUT2D eigenvalue weighted by Gasteiger charge is -2.29. The molecule has 0 saturated heterocycles. The van der Waals surface area contributed by atoms with E-state index in [4.69, 9.17) is 16.3 Å². The van der Waals surface area contributed by atoms with E-state index in [-0.39, 0.29) is 11.4 Å². The van der Waals surface area contributed by atoms with Crippen molar-refractivity contribution >= 4 is 33.4 Å². The van der Waals surface area contributed by atoms with Crippen LogP contribution in [-0.2, 0) is 0 Å². The maximum Gasteiger partial charge on any atom is 0.252 e. The van der Waals surface area contributed by atoms with Gasteiger partial charge in [0.25, 0.3) is 5.91 Å². The predicted octanol–water partition coefficient (Wildman–Crippen LogP) is 3.99. The van der Waals surface area contributed by atoms with Gasteiger partial charge in [0, 0.05) is 15.9 Å². The quantitative estimate of drug-likeness (QED) is 0.790. The number of alkyl halides is 1. The Morgan fingerprint density at radius 1 is 1.53 bits per heavy atom. The number of benzene rings is 1. The van der Waals surface area contributed by atoms with Gasteiger partial charge in [-0.3, -0.25) is 4.79 Å². The standard InChI is InChI=1S/C14H19BrClNO2/c1-4-14(2,7-8-16)17-13(18)11-9-10(19-3)5-6-12(11)15/h5-6,9H,4,7-8H2,1-3H3,(H,17,18). The fraction of sp³-hybridized carbons (Fsp3) is 0.500. The zero-order valence-electron chi connectivity index (χ0n) is 11.4. The highest BCUT2D eigenvalue weighted by atomic mass is 79.9. The number of carbonyl (C=O) groups excluding carboxylic acids is 1. The second-order valence-electron chi connectivity index (χ2n) is 4.65. The summed E-state index contributed by atoms with van der Waals surface area (Å²) in [6, 6.07) is 5.33. The van der Waals surface area contributed by atoms with Crippen LogP contribution in [0.25, 0.3) is 0 Å². The average molecular weight is 349 g/mol. The van der Waals surface area contributed by atoms with E-state index in [9.17, 15) is 4.79 Å². The van der Waals surface area contributed by atoms with Crippen molar-refractivity contribution in [3.8, 4) is 5.75 Å². The van der Waals surface area contributed by atoms with Crippen LogP contribution in [0.3, 0.4) is 0 Å². The Morgan fingerprint density at radius 3 is 2.74 bits per heavy atom. The van der Waals surface area contributed by atoms with Gasteiger partial charge in [-0.1, -0.05) is 6.92 Å². The third-order valence-corrected chi connectivity index (χ3v) is 4.14. The van der Waals surface area contributed by atoms with Crippen LogP contribution in [0.1, 0.15) is 37.0 Å². The van der Waals surface area contributed by atoms with Crippen LogP contribution in [0.15, 0.2) is 22.7 Å². The Kier molecular flexibility index (Phi) is 6.14. The summed E-state index contributed by atoms with van der Waals surface area (Å²) in [5.41, 5.74) is 0.273. The molecule has 1 atom stereocenters. The minimum atomic E-state index is -0.290. The van der Waals surface area contributed by atoms with Gasteiger partial charge in [-0.2, -0.15) is 0 Å². The summed E-state index contributed by atoms with van der Waals surface area (Å²) < 4.78 is 5.89. The molecule has 1 amide bonds. The largest absolute Gasteiger partial charge is 0.497 e. The number of ether oxygens (including phenoxy) is 1. The van der Waals surface area contributed by atoms with E-state index in [0.29, 0.717) is 17.2 Å². The van der Waals surface area contributed by atoms with Crippen LogP contribution in [0, 0.1) is 0 Å². The number of methoxy groups -OCH3 is 1. The first-order chi connectivity index (χ1) is 8.95. The molecule has 1 aromatic carbocycles. The summed E-state index contributed by atoms with van der Waals surface area (Å²) in [5, 5.41) is 3.04. The first-order valence-corrected chi connectivity index (χ1v) is 7.50. The van der Waals surface area contributed by atoms with Crippen molar-refractivity contribution in [3.63, 3.8) is 0 Å². The Bertz CT molecular complexity index is 453. The van der Waals surface area contributed by atoms with Gasteiger partial charge in [0.15, 0.2) is 0 Å². The number of rotatable bonds is 6. The smallest absolute Gasteiger partial charge is 0.252 e. The van der Waals surface area contributed by atoms with Crippen molar-refractivity contribution in [2.45, 2.75) is 32.2 Å². The zero-order valence-corrected chi connectivity index (χ0v) is 13.8. The molecule has 1 rings (SSSR count). The van der Waals surface area contributed by atoms with E-state index in [1.165, 1.54) is 0 Å². The Labute approximate surface area is 127 Å². The van der Waals surface area contributed by atoms with Gasteiger partial charge >= 0.3 is 0 Å². The highest BCUT2D eigenvalue weighted by molar-refractivity contribution is 9.10. The minimum Gasteiger partial charge on any atom is -0.497 e. The van der Waals surface area contributed by atoms with Crippen molar-refractivity contribution in [3.05, 3.63) is 28.2 Å². The molecule has 106 valence electrons. The van der Waals surface area contributed by atoms with Gasteiger partial charge in [0.2, 0.25) is 0 Å². The molecule has 0 aliphatic heterocycles. The van der Waals surface area contributed by atoms with Gasteiger partial charge < -0.3 is 10.1 Å². The molecule has 1 N–H and O–H groups in total. The molecule has 5 heteroatoms. The first-order valence-electron chi connectivity index (χ1n) is 6.17. The number of amides is 1. The fourth-order valence-corrected chi connectivity index (χ4v) is 2.53. The summed E-state index contributed by atoms with van der Waals surface area (Å²) >= 11 is 9.18. The van der Waals surface area contributed by atoms with Crippen molar-refractivity contribution in [1.82, 2.24) is 5.32 Å². The van der Waals surface area contributed by atoms with Crippen molar-refractivity contribution in [2.24, 2.45) is 0 Å². The molecule has 0 aliphatic rings. The number of halogens is 2. The first kappa shape index (κ1) is 16.3. The van der Waals surface area contributed by atoms with Crippen LogP contribution in [0.2, 0.25) is 0 Å². The maximum absolute atomic E-state index is 12.3. The molecule has 0 spiro atoms. The van der Waals surface area contributed by atoms with Crippen molar-refractivity contribution in [1.29, 1.82) is 0 Å². The SMILES string of the molecule is CCC(C)(CCCl)NC(=O)c1cc(OC)ccc1Br. The monoisotopic (exact) mass is 347 g/mol. The van der Waals surface area contributed by atoms with Gasteiger partial charge in [-0.25, -0.2) is 0 Å². The highest BCUT2D eigenvalue weighted by Gasteiger charge is 2.25. The lowest BCUT2D eigenvalue weighted by molar-refractivity contribution is 0.0900.